The zero-order valence-electron chi connectivity index (χ0n) is 15.3. The topological polar surface area (TPSA) is 66.9 Å². The van der Waals surface area contributed by atoms with Crippen molar-refractivity contribution in [2.75, 3.05) is 31.0 Å². The predicted molar refractivity (Wildman–Crippen MR) is 102 cm³/mol. The second kappa shape index (κ2) is 8.71. The van der Waals surface area contributed by atoms with E-state index in [4.69, 9.17) is 4.74 Å². The maximum absolute atomic E-state index is 13.2. The summed E-state index contributed by atoms with van der Waals surface area (Å²) >= 11 is 0. The molecule has 7 heteroatoms. The van der Waals surface area contributed by atoms with E-state index in [0.29, 0.717) is 24.5 Å². The maximum Gasteiger partial charge on any atom is 0.264 e. The third kappa shape index (κ3) is 4.16. The highest BCUT2D eigenvalue weighted by Gasteiger charge is 2.30. The van der Waals surface area contributed by atoms with Crippen LogP contribution in [0.15, 0.2) is 59.5 Å². The Balaban J connectivity index is 2.54. The third-order valence-electron chi connectivity index (χ3n) is 4.08. The molecule has 0 fully saturated rings. The van der Waals surface area contributed by atoms with Crippen molar-refractivity contribution in [2.45, 2.75) is 18.7 Å². The number of benzene rings is 2. The van der Waals surface area contributed by atoms with Crippen LogP contribution < -0.4 is 9.04 Å². The van der Waals surface area contributed by atoms with Crippen LogP contribution in [0.3, 0.4) is 0 Å². The Labute approximate surface area is 155 Å². The fourth-order valence-electron chi connectivity index (χ4n) is 2.65. The van der Waals surface area contributed by atoms with E-state index in [2.05, 4.69) is 0 Å². The number of sulfonamides is 1. The standard InChI is InChI=1S/C19H24N2O4S/c1-4-20(5-2)19(22)15-21(17-13-9-10-14-18(17)25-3)26(23,24)16-11-7-6-8-12-16/h6-14H,4-5,15H2,1-3H3. The minimum atomic E-state index is -3.93. The fourth-order valence-corrected chi connectivity index (χ4v) is 4.10. The lowest BCUT2D eigenvalue weighted by Gasteiger charge is -2.28. The van der Waals surface area contributed by atoms with E-state index < -0.39 is 10.0 Å². The third-order valence-corrected chi connectivity index (χ3v) is 5.85. The highest BCUT2D eigenvalue weighted by molar-refractivity contribution is 7.92. The average molecular weight is 376 g/mol. The molecule has 2 rings (SSSR count). The lowest BCUT2D eigenvalue weighted by Crippen LogP contribution is -2.43. The largest absolute Gasteiger partial charge is 0.495 e. The average Bonchev–Trinajstić information content (AvgIpc) is 2.67. The minimum Gasteiger partial charge on any atom is -0.495 e. The van der Waals surface area contributed by atoms with Crippen LogP contribution in [0.25, 0.3) is 0 Å². The van der Waals surface area contributed by atoms with Crippen molar-refractivity contribution in [1.29, 1.82) is 0 Å². The van der Waals surface area contributed by atoms with Gasteiger partial charge in [0.25, 0.3) is 10.0 Å². The van der Waals surface area contributed by atoms with Crippen LogP contribution in [0, 0.1) is 0 Å². The zero-order chi connectivity index (χ0) is 19.2. The molecule has 0 aliphatic heterocycles. The van der Waals surface area contributed by atoms with Gasteiger partial charge < -0.3 is 9.64 Å². The van der Waals surface area contributed by atoms with E-state index in [-0.39, 0.29) is 17.3 Å². The SMILES string of the molecule is CCN(CC)C(=O)CN(c1ccccc1OC)S(=O)(=O)c1ccccc1. The molecular weight excluding hydrogens is 352 g/mol. The fraction of sp³-hybridized carbons (Fsp3) is 0.316. The van der Waals surface area contributed by atoms with E-state index in [1.165, 1.54) is 19.2 Å². The van der Waals surface area contributed by atoms with E-state index in [9.17, 15) is 13.2 Å². The van der Waals surface area contributed by atoms with Gasteiger partial charge in [0.1, 0.15) is 12.3 Å². The Morgan fingerprint density at radius 3 is 2.12 bits per heavy atom. The number of hydrogen-bond donors (Lipinski definition) is 0. The molecule has 0 atom stereocenters. The van der Waals surface area contributed by atoms with Gasteiger partial charge in [-0.05, 0) is 38.1 Å². The minimum absolute atomic E-state index is 0.123. The van der Waals surface area contributed by atoms with Gasteiger partial charge in [-0.15, -0.1) is 0 Å². The number of rotatable bonds is 8. The summed E-state index contributed by atoms with van der Waals surface area (Å²) in [4.78, 5) is 14.4. The molecular formula is C19H24N2O4S. The van der Waals surface area contributed by atoms with Crippen molar-refractivity contribution in [3.05, 3.63) is 54.6 Å². The van der Waals surface area contributed by atoms with Crippen molar-refractivity contribution in [3.8, 4) is 5.75 Å². The number of carbonyl (C=O) groups is 1. The number of carbonyl (C=O) groups excluding carboxylic acids is 1. The van der Waals surface area contributed by atoms with Gasteiger partial charge in [0.2, 0.25) is 5.91 Å². The first-order valence-corrected chi connectivity index (χ1v) is 9.88. The Morgan fingerprint density at radius 1 is 0.962 bits per heavy atom. The van der Waals surface area contributed by atoms with E-state index in [1.807, 2.05) is 13.8 Å². The predicted octanol–water partition coefficient (Wildman–Crippen LogP) is 2.76. The number of anilines is 1. The van der Waals surface area contributed by atoms with E-state index in [0.717, 1.165) is 4.31 Å². The summed E-state index contributed by atoms with van der Waals surface area (Å²) < 4.78 is 32.9. The number of ether oxygens (including phenoxy) is 1. The summed E-state index contributed by atoms with van der Waals surface area (Å²) in [6, 6.07) is 14.8. The Hall–Kier alpha value is -2.54. The molecule has 0 aromatic heterocycles. The lowest BCUT2D eigenvalue weighted by atomic mass is 10.3. The number of nitrogens with zero attached hydrogens (tertiary/aromatic N) is 2. The second-order valence-electron chi connectivity index (χ2n) is 5.56. The second-order valence-corrected chi connectivity index (χ2v) is 7.42. The van der Waals surface area contributed by atoms with Crippen LogP contribution in [0.1, 0.15) is 13.8 Å². The highest BCUT2D eigenvalue weighted by atomic mass is 32.2. The first-order chi connectivity index (χ1) is 12.5. The number of methoxy groups -OCH3 is 1. The van der Waals surface area contributed by atoms with Crippen molar-refractivity contribution in [2.24, 2.45) is 0 Å². The van der Waals surface area contributed by atoms with Crippen LogP contribution in [0.2, 0.25) is 0 Å². The molecule has 6 nitrogen and oxygen atoms in total. The van der Waals surface area contributed by atoms with Crippen LogP contribution in [-0.2, 0) is 14.8 Å². The molecule has 0 unspecified atom stereocenters. The molecule has 2 aromatic rings. The molecule has 1 amide bonds. The molecule has 0 saturated carbocycles. The molecule has 0 aliphatic rings. The molecule has 2 aromatic carbocycles. The molecule has 0 radical (unpaired) electrons. The number of hydrogen-bond acceptors (Lipinski definition) is 4. The van der Waals surface area contributed by atoms with Gasteiger partial charge in [0.15, 0.2) is 0 Å². The van der Waals surface area contributed by atoms with Gasteiger partial charge in [0.05, 0.1) is 17.7 Å². The maximum atomic E-state index is 13.2. The normalized spacial score (nSPS) is 11.0. The van der Waals surface area contributed by atoms with E-state index >= 15 is 0 Å². The molecule has 0 N–H and O–H groups in total. The van der Waals surface area contributed by atoms with Crippen LogP contribution in [0.4, 0.5) is 5.69 Å². The molecule has 0 spiro atoms. The number of para-hydroxylation sites is 2. The Morgan fingerprint density at radius 2 is 1.54 bits per heavy atom. The Kier molecular flexibility index (Phi) is 6.63. The van der Waals surface area contributed by atoms with E-state index in [1.54, 1.807) is 47.4 Å². The van der Waals surface area contributed by atoms with Crippen LogP contribution in [-0.4, -0.2) is 46.0 Å². The zero-order valence-corrected chi connectivity index (χ0v) is 16.1. The van der Waals surface area contributed by atoms with Crippen LogP contribution in [0.5, 0.6) is 5.75 Å². The quantitative estimate of drug-likeness (QED) is 0.710. The number of amides is 1. The Bertz CT molecular complexity index is 834. The number of likely N-dealkylation sites (N-methyl/N-ethyl adjacent to an activating group) is 1. The van der Waals surface area contributed by atoms with Crippen molar-refractivity contribution in [3.63, 3.8) is 0 Å². The lowest BCUT2D eigenvalue weighted by molar-refractivity contribution is -0.129. The van der Waals surface area contributed by atoms with Crippen molar-refractivity contribution in [1.82, 2.24) is 4.90 Å². The highest BCUT2D eigenvalue weighted by Crippen LogP contribution is 2.32. The first-order valence-electron chi connectivity index (χ1n) is 8.44. The summed E-state index contributed by atoms with van der Waals surface area (Å²) in [6.07, 6.45) is 0. The van der Waals surface area contributed by atoms with Crippen molar-refractivity contribution < 1.29 is 17.9 Å². The van der Waals surface area contributed by atoms with Gasteiger partial charge in [-0.25, -0.2) is 8.42 Å². The van der Waals surface area contributed by atoms with Gasteiger partial charge in [0, 0.05) is 13.1 Å². The molecule has 0 aliphatic carbocycles. The molecule has 140 valence electrons. The molecule has 0 heterocycles. The molecule has 0 saturated heterocycles. The first kappa shape index (κ1) is 19.8. The smallest absolute Gasteiger partial charge is 0.264 e. The molecule has 26 heavy (non-hydrogen) atoms. The summed E-state index contributed by atoms with van der Waals surface area (Å²) in [7, 11) is -2.46. The molecule has 0 bridgehead atoms. The monoisotopic (exact) mass is 376 g/mol. The van der Waals surface area contributed by atoms with Crippen LogP contribution >= 0.6 is 0 Å². The summed E-state index contributed by atoms with van der Waals surface area (Å²) in [5.41, 5.74) is 0.333. The van der Waals surface area contributed by atoms with Gasteiger partial charge in [-0.2, -0.15) is 0 Å². The van der Waals surface area contributed by atoms with Gasteiger partial charge in [-0.1, -0.05) is 30.3 Å². The van der Waals surface area contributed by atoms with Gasteiger partial charge in [-0.3, -0.25) is 9.10 Å². The van der Waals surface area contributed by atoms with Crippen molar-refractivity contribution >= 4 is 21.6 Å². The summed E-state index contributed by atoms with van der Waals surface area (Å²) in [5.74, 6) is 0.125. The summed E-state index contributed by atoms with van der Waals surface area (Å²) in [6.45, 7) is 4.46. The summed E-state index contributed by atoms with van der Waals surface area (Å²) in [5, 5.41) is 0. The van der Waals surface area contributed by atoms with Gasteiger partial charge >= 0.3 is 0 Å².